The third kappa shape index (κ3) is 3.05. The summed E-state index contributed by atoms with van der Waals surface area (Å²) in [7, 11) is 0. The summed E-state index contributed by atoms with van der Waals surface area (Å²) in [6.07, 6.45) is 5.22. The zero-order valence-corrected chi connectivity index (χ0v) is 10.3. The van der Waals surface area contributed by atoms with E-state index in [1.54, 1.807) is 6.07 Å². The lowest BCUT2D eigenvalue weighted by atomic mass is 10.2. The summed E-state index contributed by atoms with van der Waals surface area (Å²) in [5.41, 5.74) is 0.879. The Labute approximate surface area is 102 Å². The molecule has 1 aromatic carbocycles. The lowest BCUT2D eigenvalue weighted by Crippen LogP contribution is -2.23. The fraction of sp³-hybridized carbons (Fsp3) is 0.273. The Bertz CT molecular complexity index is 440. The second-order valence-electron chi connectivity index (χ2n) is 3.28. The summed E-state index contributed by atoms with van der Waals surface area (Å²) in [5, 5.41) is 13.8. The maximum Gasteiger partial charge on any atom is 0.283 e. The van der Waals surface area contributed by atoms with Crippen LogP contribution in [0.2, 0.25) is 0 Å². The third-order valence-electron chi connectivity index (χ3n) is 2.10. The molecule has 0 aromatic heterocycles. The van der Waals surface area contributed by atoms with Gasteiger partial charge in [-0.1, -0.05) is 18.1 Å². The van der Waals surface area contributed by atoms with Crippen LogP contribution in [0.3, 0.4) is 0 Å². The van der Waals surface area contributed by atoms with E-state index in [1.807, 2.05) is 13.0 Å². The van der Waals surface area contributed by atoms with Crippen LogP contribution in [0, 0.1) is 22.5 Å². The van der Waals surface area contributed by atoms with Gasteiger partial charge in [-0.25, -0.2) is 0 Å². The van der Waals surface area contributed by atoms with Crippen LogP contribution < -0.4 is 5.32 Å². The molecule has 4 nitrogen and oxygen atoms in total. The highest BCUT2D eigenvalue weighted by atomic mass is 79.9. The van der Waals surface area contributed by atoms with Gasteiger partial charge in [0, 0.05) is 12.6 Å². The lowest BCUT2D eigenvalue weighted by molar-refractivity contribution is -0.385. The van der Waals surface area contributed by atoms with Crippen molar-refractivity contribution in [2.24, 2.45) is 0 Å². The monoisotopic (exact) mass is 282 g/mol. The van der Waals surface area contributed by atoms with Crippen LogP contribution in [0.5, 0.6) is 0 Å². The van der Waals surface area contributed by atoms with E-state index in [4.69, 9.17) is 6.42 Å². The van der Waals surface area contributed by atoms with Crippen molar-refractivity contribution in [3.05, 3.63) is 38.3 Å². The minimum atomic E-state index is -0.418. The number of nitro benzene ring substituents is 1. The van der Waals surface area contributed by atoms with Crippen molar-refractivity contribution >= 4 is 21.6 Å². The number of halogens is 1. The standard InChI is InChI=1S/C11H11BrN2O2/c1-3-8(2)13-7-9-5-4-6-10(11(9)12)14(15)16/h1,4-6,8,13H,7H2,2H3. The third-order valence-corrected chi connectivity index (χ3v) is 3.02. The molecule has 1 N–H and O–H groups in total. The summed E-state index contributed by atoms with van der Waals surface area (Å²) < 4.78 is 0.497. The average molecular weight is 283 g/mol. The molecule has 1 unspecified atom stereocenters. The van der Waals surface area contributed by atoms with Crippen molar-refractivity contribution < 1.29 is 4.92 Å². The van der Waals surface area contributed by atoms with Gasteiger partial charge in [0.2, 0.25) is 0 Å². The van der Waals surface area contributed by atoms with Gasteiger partial charge in [0.15, 0.2) is 0 Å². The topological polar surface area (TPSA) is 55.2 Å². The number of terminal acetylenes is 1. The van der Waals surface area contributed by atoms with Crippen LogP contribution in [-0.2, 0) is 6.54 Å². The summed E-state index contributed by atoms with van der Waals surface area (Å²) in [4.78, 5) is 10.3. The van der Waals surface area contributed by atoms with E-state index < -0.39 is 4.92 Å². The molecule has 0 amide bonds. The number of nitrogens with zero attached hydrogens (tertiary/aromatic N) is 1. The van der Waals surface area contributed by atoms with Crippen molar-refractivity contribution in [2.75, 3.05) is 0 Å². The highest BCUT2D eigenvalue weighted by molar-refractivity contribution is 9.10. The molecule has 84 valence electrons. The first-order valence-corrected chi connectivity index (χ1v) is 5.47. The Morgan fingerprint density at radius 3 is 2.94 bits per heavy atom. The number of hydrogen-bond donors (Lipinski definition) is 1. The molecule has 0 fully saturated rings. The molecule has 0 spiro atoms. The molecule has 0 saturated carbocycles. The molecule has 16 heavy (non-hydrogen) atoms. The second-order valence-corrected chi connectivity index (χ2v) is 4.07. The molecule has 1 aromatic rings. The highest BCUT2D eigenvalue weighted by Gasteiger charge is 2.14. The number of nitrogens with one attached hydrogen (secondary N) is 1. The minimum absolute atomic E-state index is 0.0626. The Morgan fingerprint density at radius 2 is 2.38 bits per heavy atom. The van der Waals surface area contributed by atoms with Crippen LogP contribution >= 0.6 is 15.9 Å². The van der Waals surface area contributed by atoms with Gasteiger partial charge in [-0.3, -0.25) is 15.4 Å². The van der Waals surface area contributed by atoms with Gasteiger partial charge in [-0.05, 0) is 28.4 Å². The van der Waals surface area contributed by atoms with Crippen molar-refractivity contribution in [1.82, 2.24) is 5.32 Å². The molecule has 0 aliphatic heterocycles. The van der Waals surface area contributed by atoms with E-state index in [2.05, 4.69) is 27.2 Å². The zero-order chi connectivity index (χ0) is 12.1. The summed E-state index contributed by atoms with van der Waals surface area (Å²) in [5.74, 6) is 2.53. The molecule has 0 radical (unpaired) electrons. The van der Waals surface area contributed by atoms with Crippen LogP contribution in [-0.4, -0.2) is 11.0 Å². The van der Waals surface area contributed by atoms with E-state index in [0.29, 0.717) is 11.0 Å². The fourth-order valence-corrected chi connectivity index (χ4v) is 1.72. The molecule has 0 heterocycles. The van der Waals surface area contributed by atoms with Gasteiger partial charge >= 0.3 is 0 Å². The molecule has 5 heteroatoms. The smallest absolute Gasteiger partial charge is 0.283 e. The Hall–Kier alpha value is -1.38. The van der Waals surface area contributed by atoms with Crippen molar-refractivity contribution in [2.45, 2.75) is 19.5 Å². The largest absolute Gasteiger partial charge is 0.300 e. The summed E-state index contributed by atoms with van der Waals surface area (Å²) >= 11 is 3.22. The maximum atomic E-state index is 10.7. The predicted octanol–water partition coefficient (Wildman–Crippen LogP) is 2.47. The SMILES string of the molecule is C#CC(C)NCc1cccc([N+](=O)[O-])c1Br. The van der Waals surface area contributed by atoms with Crippen LogP contribution in [0.1, 0.15) is 12.5 Å². The second kappa shape index (κ2) is 5.64. The molecular weight excluding hydrogens is 272 g/mol. The summed E-state index contributed by atoms with van der Waals surface area (Å²) in [6, 6.07) is 4.86. The lowest BCUT2D eigenvalue weighted by Gasteiger charge is -2.09. The van der Waals surface area contributed by atoms with E-state index in [9.17, 15) is 10.1 Å². The molecule has 1 rings (SSSR count). The van der Waals surface area contributed by atoms with Gasteiger partial charge in [-0.2, -0.15) is 0 Å². The van der Waals surface area contributed by atoms with E-state index in [1.165, 1.54) is 6.07 Å². The number of hydrogen-bond acceptors (Lipinski definition) is 3. The molecule has 1 atom stereocenters. The van der Waals surface area contributed by atoms with E-state index in [0.717, 1.165) is 5.56 Å². The maximum absolute atomic E-state index is 10.7. The van der Waals surface area contributed by atoms with Gasteiger partial charge in [0.1, 0.15) is 0 Å². The van der Waals surface area contributed by atoms with Crippen molar-refractivity contribution in [3.63, 3.8) is 0 Å². The first kappa shape index (κ1) is 12.7. The van der Waals surface area contributed by atoms with Crippen LogP contribution in [0.4, 0.5) is 5.69 Å². The molecule has 0 bridgehead atoms. The quantitative estimate of drug-likeness (QED) is 0.524. The molecule has 0 aliphatic carbocycles. The Kier molecular flexibility index (Phi) is 4.47. The zero-order valence-electron chi connectivity index (χ0n) is 8.74. The van der Waals surface area contributed by atoms with Crippen molar-refractivity contribution in [3.8, 4) is 12.3 Å². The number of rotatable bonds is 4. The van der Waals surface area contributed by atoms with E-state index in [-0.39, 0.29) is 11.7 Å². The first-order valence-electron chi connectivity index (χ1n) is 4.67. The van der Waals surface area contributed by atoms with Gasteiger partial charge < -0.3 is 0 Å². The number of benzene rings is 1. The van der Waals surface area contributed by atoms with Crippen molar-refractivity contribution in [1.29, 1.82) is 0 Å². The Balaban J connectivity index is 2.86. The first-order chi connectivity index (χ1) is 7.56. The van der Waals surface area contributed by atoms with Crippen LogP contribution in [0.15, 0.2) is 22.7 Å². The number of nitro groups is 1. The normalized spacial score (nSPS) is 11.8. The van der Waals surface area contributed by atoms with Gasteiger partial charge in [0.25, 0.3) is 5.69 Å². The molecule has 0 saturated heterocycles. The Morgan fingerprint density at radius 1 is 1.69 bits per heavy atom. The predicted molar refractivity (Wildman–Crippen MR) is 65.9 cm³/mol. The molecule has 0 aliphatic rings. The minimum Gasteiger partial charge on any atom is -0.300 e. The average Bonchev–Trinajstić information content (AvgIpc) is 2.26. The van der Waals surface area contributed by atoms with Gasteiger partial charge in [0.05, 0.1) is 15.4 Å². The fourth-order valence-electron chi connectivity index (χ4n) is 1.17. The summed E-state index contributed by atoms with van der Waals surface area (Å²) in [6.45, 7) is 2.35. The van der Waals surface area contributed by atoms with E-state index >= 15 is 0 Å². The van der Waals surface area contributed by atoms with Gasteiger partial charge in [-0.15, -0.1) is 6.42 Å². The highest BCUT2D eigenvalue weighted by Crippen LogP contribution is 2.28. The van der Waals surface area contributed by atoms with Crippen LogP contribution in [0.25, 0.3) is 0 Å². The molecular formula is C11H11BrN2O2.